The predicted molar refractivity (Wildman–Crippen MR) is 63.1 cm³/mol. The molecule has 1 amide bonds. The zero-order chi connectivity index (χ0) is 14.3. The van der Waals surface area contributed by atoms with Gasteiger partial charge in [0.25, 0.3) is 5.82 Å². The van der Waals surface area contributed by atoms with E-state index in [4.69, 9.17) is 0 Å². The molecule has 2 heterocycles. The fraction of sp³-hybridized carbons (Fsp3) is 0.600. The molecule has 6 nitrogen and oxygen atoms in total. The zero-order valence-electron chi connectivity index (χ0n) is 10.1. The van der Waals surface area contributed by atoms with Gasteiger partial charge in [0, 0.05) is 18.9 Å². The first-order valence-corrected chi connectivity index (χ1v) is 6.83. The van der Waals surface area contributed by atoms with Crippen LogP contribution in [0, 0.1) is 5.92 Å². The van der Waals surface area contributed by atoms with E-state index in [9.17, 15) is 18.0 Å². The van der Waals surface area contributed by atoms with Crippen LogP contribution < -0.4 is 5.32 Å². The highest BCUT2D eigenvalue weighted by atomic mass is 32.1. The third-order valence-corrected chi connectivity index (χ3v) is 3.83. The number of alkyl halides is 3. The number of nitrogens with one attached hydrogen (secondary N) is 1. The maximum absolute atomic E-state index is 12.6. The van der Waals surface area contributed by atoms with Crippen molar-refractivity contribution in [2.24, 2.45) is 5.92 Å². The Morgan fingerprint density at radius 3 is 2.80 bits per heavy atom. The Labute approximate surface area is 115 Å². The fourth-order valence-corrected chi connectivity index (χ4v) is 2.55. The van der Waals surface area contributed by atoms with Gasteiger partial charge in [-0.05, 0) is 12.8 Å². The maximum atomic E-state index is 12.6. The number of rotatable bonds is 4. The lowest BCUT2D eigenvalue weighted by molar-refractivity contribution is -0.146. The number of nitrogens with zero attached hydrogens (tertiary/aromatic N) is 4. The monoisotopic (exact) mass is 305 g/mol. The second kappa shape index (κ2) is 4.69. The van der Waals surface area contributed by atoms with Crippen LogP contribution >= 0.6 is 11.3 Å². The number of hydrogen-bond acceptors (Lipinski definition) is 5. The van der Waals surface area contributed by atoms with Crippen LogP contribution in [0.15, 0.2) is 0 Å². The molecular formula is C10H10F3N5OS. The summed E-state index contributed by atoms with van der Waals surface area (Å²) in [5.41, 5.74) is 0. The predicted octanol–water partition coefficient (Wildman–Crippen LogP) is 1.27. The molecule has 0 saturated heterocycles. The number of halogens is 3. The molecule has 0 atom stereocenters. The molecule has 2 aromatic heterocycles. The quantitative estimate of drug-likeness (QED) is 0.923. The molecule has 0 spiro atoms. The molecule has 108 valence electrons. The van der Waals surface area contributed by atoms with Gasteiger partial charge in [-0.1, -0.05) is 11.3 Å². The van der Waals surface area contributed by atoms with Gasteiger partial charge >= 0.3 is 6.18 Å². The van der Waals surface area contributed by atoms with Crippen LogP contribution in [0.1, 0.15) is 23.7 Å². The smallest absolute Gasteiger partial charge is 0.355 e. The van der Waals surface area contributed by atoms with Crippen LogP contribution in [0.3, 0.4) is 0 Å². The van der Waals surface area contributed by atoms with E-state index in [1.54, 1.807) is 0 Å². The molecule has 0 aliphatic heterocycles. The van der Waals surface area contributed by atoms with Gasteiger partial charge in [0.2, 0.25) is 10.9 Å². The van der Waals surface area contributed by atoms with Crippen molar-refractivity contribution in [1.82, 2.24) is 25.1 Å². The van der Waals surface area contributed by atoms with E-state index < -0.39 is 12.0 Å². The van der Waals surface area contributed by atoms with E-state index in [0.29, 0.717) is 22.5 Å². The summed E-state index contributed by atoms with van der Waals surface area (Å²) in [4.78, 5) is 11.5. The first-order chi connectivity index (χ1) is 9.45. The number of fused-ring (bicyclic) bond motifs is 1. The molecule has 0 bridgehead atoms. The van der Waals surface area contributed by atoms with Crippen molar-refractivity contribution in [2.45, 2.75) is 25.4 Å². The first-order valence-electron chi connectivity index (χ1n) is 6.01. The minimum absolute atomic E-state index is 0.00369. The molecule has 1 aliphatic rings. The molecule has 3 rings (SSSR count). The highest BCUT2D eigenvalue weighted by Gasteiger charge is 2.38. The molecule has 0 unspecified atom stereocenters. The molecule has 1 fully saturated rings. The molecule has 20 heavy (non-hydrogen) atoms. The van der Waals surface area contributed by atoms with Crippen molar-refractivity contribution in [1.29, 1.82) is 0 Å². The van der Waals surface area contributed by atoms with Crippen molar-refractivity contribution in [2.75, 3.05) is 6.54 Å². The Bertz CT molecular complexity index is 645. The van der Waals surface area contributed by atoms with Crippen LogP contribution in [-0.2, 0) is 17.4 Å². The van der Waals surface area contributed by atoms with Crippen molar-refractivity contribution >= 4 is 22.2 Å². The Kier molecular flexibility index (Phi) is 3.11. The van der Waals surface area contributed by atoms with E-state index in [2.05, 4.69) is 20.6 Å². The third kappa shape index (κ3) is 2.60. The van der Waals surface area contributed by atoms with E-state index in [0.717, 1.165) is 24.2 Å². The lowest BCUT2D eigenvalue weighted by Crippen LogP contribution is -2.26. The number of amides is 1. The van der Waals surface area contributed by atoms with E-state index >= 15 is 0 Å². The average molecular weight is 305 g/mol. The molecule has 0 aromatic carbocycles. The fourth-order valence-electron chi connectivity index (χ4n) is 1.72. The topological polar surface area (TPSA) is 72.2 Å². The van der Waals surface area contributed by atoms with E-state index in [1.165, 1.54) is 0 Å². The summed E-state index contributed by atoms with van der Waals surface area (Å²) in [6.45, 7) is 0.362. The van der Waals surface area contributed by atoms with Gasteiger partial charge in [0.05, 0.1) is 0 Å². The number of carbonyl (C=O) groups is 1. The Morgan fingerprint density at radius 2 is 2.15 bits per heavy atom. The summed E-state index contributed by atoms with van der Waals surface area (Å²) in [7, 11) is 0. The van der Waals surface area contributed by atoms with Gasteiger partial charge in [-0.3, -0.25) is 4.79 Å². The number of hydrogen-bond donors (Lipinski definition) is 1. The van der Waals surface area contributed by atoms with Crippen LogP contribution in [0.2, 0.25) is 0 Å². The minimum atomic E-state index is -4.58. The second-order valence-corrected chi connectivity index (χ2v) is 5.57. The third-order valence-electron chi connectivity index (χ3n) is 2.87. The van der Waals surface area contributed by atoms with Crippen LogP contribution in [-0.4, -0.2) is 32.3 Å². The summed E-state index contributed by atoms with van der Waals surface area (Å²) in [5.74, 6) is -1.01. The number of carbonyl (C=O) groups excluding carboxylic acids is 1. The van der Waals surface area contributed by atoms with Gasteiger partial charge in [0.15, 0.2) is 0 Å². The summed E-state index contributed by atoms with van der Waals surface area (Å²) < 4.78 is 38.5. The van der Waals surface area contributed by atoms with Crippen molar-refractivity contribution < 1.29 is 18.0 Å². The summed E-state index contributed by atoms with van der Waals surface area (Å²) in [6.07, 6.45) is -2.37. The minimum Gasteiger partial charge on any atom is -0.355 e. The van der Waals surface area contributed by atoms with Crippen molar-refractivity contribution in [3.05, 3.63) is 10.8 Å². The van der Waals surface area contributed by atoms with E-state index in [1.807, 2.05) is 0 Å². The molecule has 1 saturated carbocycles. The van der Waals surface area contributed by atoms with Gasteiger partial charge in [-0.25, -0.2) is 0 Å². The standard InChI is InChI=1S/C10H10F3N5OS/c11-10(12,13)8-15-16-9-18(8)17-6(20-9)3-4-14-7(19)5-1-2-5/h5H,1-4H2,(H,14,19). The van der Waals surface area contributed by atoms with Crippen LogP contribution in [0.25, 0.3) is 4.96 Å². The van der Waals surface area contributed by atoms with Gasteiger partial charge in [-0.15, -0.1) is 10.2 Å². The normalized spacial score (nSPS) is 15.8. The van der Waals surface area contributed by atoms with Gasteiger partial charge in [0.1, 0.15) is 5.01 Å². The molecule has 10 heteroatoms. The lowest BCUT2D eigenvalue weighted by Gasteiger charge is -2.01. The van der Waals surface area contributed by atoms with Gasteiger partial charge < -0.3 is 5.32 Å². The highest BCUT2D eigenvalue weighted by molar-refractivity contribution is 7.16. The molecule has 0 radical (unpaired) electrons. The Hall–Kier alpha value is -1.71. The lowest BCUT2D eigenvalue weighted by atomic mass is 10.3. The molecule has 2 aromatic rings. The highest BCUT2D eigenvalue weighted by Crippen LogP contribution is 2.29. The molecule has 1 aliphatic carbocycles. The number of aromatic nitrogens is 4. The summed E-state index contributed by atoms with van der Waals surface area (Å²) in [6, 6.07) is 0. The SMILES string of the molecule is O=C(NCCc1nn2c(C(F)(F)F)nnc2s1)C1CC1. The Balaban J connectivity index is 1.66. The largest absolute Gasteiger partial charge is 0.453 e. The van der Waals surface area contributed by atoms with Crippen LogP contribution in [0.5, 0.6) is 0 Å². The first kappa shape index (κ1) is 13.3. The van der Waals surface area contributed by atoms with Gasteiger partial charge in [-0.2, -0.15) is 22.8 Å². The summed E-state index contributed by atoms with van der Waals surface area (Å²) >= 11 is 1.04. The Morgan fingerprint density at radius 1 is 1.40 bits per heavy atom. The van der Waals surface area contributed by atoms with Crippen LogP contribution in [0.4, 0.5) is 13.2 Å². The maximum Gasteiger partial charge on any atom is 0.453 e. The summed E-state index contributed by atoms with van der Waals surface area (Å²) in [5, 5.41) is 13.6. The average Bonchev–Trinajstić information content (AvgIpc) is 3.00. The molecule has 1 N–H and O–H groups in total. The van der Waals surface area contributed by atoms with Crippen molar-refractivity contribution in [3.8, 4) is 0 Å². The van der Waals surface area contributed by atoms with Crippen molar-refractivity contribution in [3.63, 3.8) is 0 Å². The zero-order valence-corrected chi connectivity index (χ0v) is 11.0. The van der Waals surface area contributed by atoms with E-state index in [-0.39, 0.29) is 16.8 Å². The molecular weight excluding hydrogens is 295 g/mol. The second-order valence-electron chi connectivity index (χ2n) is 4.53.